The van der Waals surface area contributed by atoms with Crippen molar-refractivity contribution < 1.29 is 23.1 Å². The zero-order valence-corrected chi connectivity index (χ0v) is 11.1. The Morgan fingerprint density at radius 1 is 1.35 bits per heavy atom. The summed E-state index contributed by atoms with van der Waals surface area (Å²) in [5, 5.41) is 9.68. The third kappa shape index (κ3) is 2.22. The van der Waals surface area contributed by atoms with E-state index in [0.717, 1.165) is 6.07 Å². The van der Waals surface area contributed by atoms with Crippen LogP contribution in [-0.2, 0) is 6.18 Å². The number of aromatic nitrogens is 2. The number of carbonyl (C=O) groups is 1. The highest BCUT2D eigenvalue weighted by molar-refractivity contribution is 9.10. The predicted molar refractivity (Wildman–Crippen MR) is 66.8 cm³/mol. The maximum atomic E-state index is 12.7. The number of fused-ring (bicyclic) bond motifs is 1. The molecule has 6 nitrogen and oxygen atoms in total. The summed E-state index contributed by atoms with van der Waals surface area (Å²) in [5.41, 5.74) is 8.26. The lowest BCUT2D eigenvalue weighted by Gasteiger charge is -2.11. The third-order valence-corrected chi connectivity index (χ3v) is 3.05. The smallest absolute Gasteiger partial charge is 0.434 e. The van der Waals surface area contributed by atoms with Crippen molar-refractivity contribution >= 4 is 38.7 Å². The van der Waals surface area contributed by atoms with Gasteiger partial charge in [0.05, 0.1) is 5.39 Å². The Balaban J connectivity index is 2.87. The van der Waals surface area contributed by atoms with Crippen molar-refractivity contribution in [2.24, 2.45) is 5.73 Å². The summed E-state index contributed by atoms with van der Waals surface area (Å²) in [7, 11) is 0. The number of hydrogen-bond donors (Lipinski definition) is 3. The molecule has 2 aromatic heterocycles. The number of carbonyl (C=O) groups excluding carboxylic acids is 1. The van der Waals surface area contributed by atoms with Gasteiger partial charge in [-0.05, 0) is 22.0 Å². The predicted octanol–water partition coefficient (Wildman–Crippen LogP) is 1.80. The summed E-state index contributed by atoms with van der Waals surface area (Å²) < 4.78 is 37.7. The Kier molecular flexibility index (Phi) is 3.20. The van der Waals surface area contributed by atoms with Crippen LogP contribution in [0.3, 0.4) is 0 Å². The van der Waals surface area contributed by atoms with Gasteiger partial charge < -0.3 is 16.6 Å². The molecule has 0 spiro atoms. The molecule has 0 aliphatic rings. The second-order valence-corrected chi connectivity index (χ2v) is 4.63. The molecule has 0 aliphatic carbocycles. The van der Waals surface area contributed by atoms with Crippen molar-refractivity contribution in [1.82, 2.24) is 9.97 Å². The molecule has 1 amide bonds. The molecule has 106 valence electrons. The van der Waals surface area contributed by atoms with Gasteiger partial charge in [0, 0.05) is 4.47 Å². The summed E-state index contributed by atoms with van der Waals surface area (Å²) in [5.74, 6) is -2.21. The number of rotatable bonds is 1. The SMILES string of the molecule is NC(=O)c1c(N)nc2nc(C(F)(F)F)c(Br)cc2c1O. The molecule has 0 aliphatic heterocycles. The van der Waals surface area contributed by atoms with Crippen LogP contribution in [0.2, 0.25) is 0 Å². The number of hydrogen-bond acceptors (Lipinski definition) is 5. The van der Waals surface area contributed by atoms with E-state index in [0.29, 0.717) is 0 Å². The van der Waals surface area contributed by atoms with E-state index in [1.165, 1.54) is 0 Å². The Labute approximate surface area is 117 Å². The molecular weight excluding hydrogens is 345 g/mol. The summed E-state index contributed by atoms with van der Waals surface area (Å²) in [6.07, 6.45) is -4.71. The van der Waals surface area contributed by atoms with Crippen LogP contribution in [0.4, 0.5) is 19.0 Å². The van der Waals surface area contributed by atoms with Crippen LogP contribution in [0.5, 0.6) is 5.75 Å². The first-order valence-corrected chi connectivity index (χ1v) is 5.78. The van der Waals surface area contributed by atoms with Crippen molar-refractivity contribution in [3.63, 3.8) is 0 Å². The van der Waals surface area contributed by atoms with E-state index < -0.39 is 45.0 Å². The number of halogens is 4. The van der Waals surface area contributed by atoms with Crippen LogP contribution in [0.15, 0.2) is 10.5 Å². The maximum Gasteiger partial charge on any atom is 0.434 e. The highest BCUT2D eigenvalue weighted by Gasteiger charge is 2.36. The van der Waals surface area contributed by atoms with Gasteiger partial charge in [0.2, 0.25) is 0 Å². The zero-order valence-electron chi connectivity index (χ0n) is 9.49. The van der Waals surface area contributed by atoms with E-state index >= 15 is 0 Å². The molecule has 0 saturated carbocycles. The van der Waals surface area contributed by atoms with Crippen molar-refractivity contribution in [1.29, 1.82) is 0 Å². The van der Waals surface area contributed by atoms with E-state index in [9.17, 15) is 23.1 Å². The molecule has 20 heavy (non-hydrogen) atoms. The van der Waals surface area contributed by atoms with Crippen LogP contribution in [0.1, 0.15) is 16.1 Å². The summed E-state index contributed by atoms with van der Waals surface area (Å²) in [4.78, 5) is 18.0. The second kappa shape index (κ2) is 4.47. The summed E-state index contributed by atoms with van der Waals surface area (Å²) in [6.45, 7) is 0. The molecule has 0 aromatic carbocycles. The summed E-state index contributed by atoms with van der Waals surface area (Å²) in [6, 6.07) is 0.944. The van der Waals surface area contributed by atoms with Gasteiger partial charge in [0.1, 0.15) is 17.1 Å². The topological polar surface area (TPSA) is 115 Å². The van der Waals surface area contributed by atoms with Crippen molar-refractivity contribution in [2.75, 3.05) is 5.73 Å². The molecule has 0 radical (unpaired) electrons. The fraction of sp³-hybridized carbons (Fsp3) is 0.100. The fourth-order valence-electron chi connectivity index (χ4n) is 1.61. The van der Waals surface area contributed by atoms with Gasteiger partial charge in [-0.1, -0.05) is 0 Å². The Hall–Kier alpha value is -2.10. The minimum atomic E-state index is -4.71. The number of nitrogens with two attached hydrogens (primary N) is 2. The van der Waals surface area contributed by atoms with Crippen molar-refractivity contribution in [3.8, 4) is 5.75 Å². The maximum absolute atomic E-state index is 12.7. The molecule has 0 bridgehead atoms. The number of nitrogen functional groups attached to an aromatic ring is 1. The first-order chi connectivity index (χ1) is 9.12. The van der Waals surface area contributed by atoms with Crippen LogP contribution in [0, 0.1) is 0 Å². The Morgan fingerprint density at radius 3 is 2.45 bits per heavy atom. The third-order valence-electron chi connectivity index (χ3n) is 2.45. The fourth-order valence-corrected chi connectivity index (χ4v) is 2.15. The van der Waals surface area contributed by atoms with Crippen LogP contribution in [0.25, 0.3) is 11.0 Å². The highest BCUT2D eigenvalue weighted by atomic mass is 79.9. The van der Waals surface area contributed by atoms with Gasteiger partial charge in [-0.2, -0.15) is 13.2 Å². The average Bonchev–Trinajstić information content (AvgIpc) is 2.27. The average molecular weight is 351 g/mol. The van der Waals surface area contributed by atoms with Gasteiger partial charge in [-0.3, -0.25) is 4.79 Å². The number of alkyl halides is 3. The summed E-state index contributed by atoms with van der Waals surface area (Å²) >= 11 is 2.70. The molecule has 10 heteroatoms. The van der Waals surface area contributed by atoms with Gasteiger partial charge in [0.25, 0.3) is 5.91 Å². The molecule has 2 rings (SSSR count). The minimum Gasteiger partial charge on any atom is -0.506 e. The lowest BCUT2D eigenvalue weighted by molar-refractivity contribution is -0.141. The number of aromatic hydroxyl groups is 1. The Bertz CT molecular complexity index is 733. The number of primary amides is 1. The monoisotopic (exact) mass is 350 g/mol. The Morgan fingerprint density at radius 2 is 1.95 bits per heavy atom. The van der Waals surface area contributed by atoms with E-state index in [2.05, 4.69) is 25.9 Å². The lowest BCUT2D eigenvalue weighted by Crippen LogP contribution is -2.16. The molecular formula is C10H6BrF3N4O2. The molecule has 0 atom stereocenters. The first-order valence-electron chi connectivity index (χ1n) is 4.98. The van der Waals surface area contributed by atoms with Crippen molar-refractivity contribution in [2.45, 2.75) is 6.18 Å². The van der Waals surface area contributed by atoms with E-state index in [1.54, 1.807) is 0 Å². The molecule has 0 saturated heterocycles. The van der Waals surface area contributed by atoms with Gasteiger partial charge >= 0.3 is 6.18 Å². The zero-order chi connectivity index (χ0) is 15.2. The second-order valence-electron chi connectivity index (χ2n) is 3.77. The highest BCUT2D eigenvalue weighted by Crippen LogP contribution is 2.38. The van der Waals surface area contributed by atoms with Gasteiger partial charge in [-0.25, -0.2) is 9.97 Å². The minimum absolute atomic E-state index is 0.173. The quantitative estimate of drug-likeness (QED) is 0.725. The lowest BCUT2D eigenvalue weighted by atomic mass is 10.1. The van der Waals surface area contributed by atoms with E-state index in [-0.39, 0.29) is 5.39 Å². The van der Waals surface area contributed by atoms with E-state index in [1.807, 2.05) is 0 Å². The van der Waals surface area contributed by atoms with E-state index in [4.69, 9.17) is 11.5 Å². The molecule has 0 unspecified atom stereocenters. The first kappa shape index (κ1) is 14.3. The van der Waals surface area contributed by atoms with Crippen LogP contribution >= 0.6 is 15.9 Å². The number of nitrogens with zero attached hydrogens (tertiary/aromatic N) is 2. The number of anilines is 1. The van der Waals surface area contributed by atoms with Crippen LogP contribution in [-0.4, -0.2) is 21.0 Å². The molecule has 0 fully saturated rings. The van der Waals surface area contributed by atoms with Gasteiger partial charge in [0.15, 0.2) is 11.3 Å². The molecule has 2 heterocycles. The number of pyridine rings is 2. The van der Waals surface area contributed by atoms with Gasteiger partial charge in [-0.15, -0.1) is 0 Å². The molecule has 2 aromatic rings. The number of amides is 1. The standard InChI is InChI=1S/C10H6BrF3N4O2/c11-3-1-2-5(19)4(8(16)20)7(15)18-9(2)17-6(3)10(12,13)14/h1H,(H2,16,20)(H3,15,17,18,19). The largest absolute Gasteiger partial charge is 0.506 e. The molecule has 5 N–H and O–H groups in total. The normalized spacial score (nSPS) is 11.8. The van der Waals surface area contributed by atoms with Crippen LogP contribution < -0.4 is 11.5 Å². The van der Waals surface area contributed by atoms with Crippen molar-refractivity contribution in [3.05, 3.63) is 21.8 Å².